The molecule has 0 radical (unpaired) electrons. The average molecular weight is 244 g/mol. The van der Waals surface area contributed by atoms with Gasteiger partial charge in [-0.25, -0.2) is 9.59 Å². The number of hydrogen-bond donors (Lipinski definition) is 3. The van der Waals surface area contributed by atoms with Crippen LogP contribution in [-0.2, 0) is 4.79 Å². The van der Waals surface area contributed by atoms with Crippen molar-refractivity contribution in [3.05, 3.63) is 0 Å². The summed E-state index contributed by atoms with van der Waals surface area (Å²) in [5.74, 6) is -0.655. The van der Waals surface area contributed by atoms with Gasteiger partial charge in [0.25, 0.3) is 0 Å². The second-order valence-corrected chi connectivity index (χ2v) is 4.55. The van der Waals surface area contributed by atoms with Crippen molar-refractivity contribution >= 4 is 12.0 Å². The second-order valence-electron chi connectivity index (χ2n) is 4.55. The highest BCUT2D eigenvalue weighted by Gasteiger charge is 2.21. The molecule has 1 aliphatic carbocycles. The summed E-state index contributed by atoms with van der Waals surface area (Å²) in [6, 6.07) is -0.213. The third-order valence-electron chi connectivity index (χ3n) is 3.08. The Morgan fingerprint density at radius 1 is 1.47 bits per heavy atom. The maximum absolute atomic E-state index is 11.6. The molecule has 1 aliphatic rings. The molecule has 17 heavy (non-hydrogen) atoms. The van der Waals surface area contributed by atoms with Crippen LogP contribution in [0, 0.1) is 5.92 Å². The summed E-state index contributed by atoms with van der Waals surface area (Å²) >= 11 is 0. The monoisotopic (exact) mass is 244 g/mol. The number of aliphatic carboxylic acids is 1. The molecule has 6 heteroatoms. The van der Waals surface area contributed by atoms with Crippen molar-refractivity contribution in [2.45, 2.75) is 31.8 Å². The molecule has 0 aromatic rings. The number of urea groups is 1. The van der Waals surface area contributed by atoms with Crippen LogP contribution >= 0.6 is 0 Å². The van der Waals surface area contributed by atoms with E-state index in [2.05, 4.69) is 5.32 Å². The molecule has 0 spiro atoms. The molecule has 2 amide bonds. The molecule has 0 unspecified atom stereocenters. The van der Waals surface area contributed by atoms with Crippen LogP contribution in [0.2, 0.25) is 0 Å². The molecule has 3 N–H and O–H groups in total. The van der Waals surface area contributed by atoms with Crippen molar-refractivity contribution < 1.29 is 19.8 Å². The molecule has 0 saturated heterocycles. The Balaban J connectivity index is 2.12. The Morgan fingerprint density at radius 2 is 2.12 bits per heavy atom. The minimum absolute atomic E-state index is 0.0261. The van der Waals surface area contributed by atoms with Crippen molar-refractivity contribution in [3.63, 3.8) is 0 Å². The van der Waals surface area contributed by atoms with E-state index < -0.39 is 12.1 Å². The highest BCUT2D eigenvalue weighted by molar-refractivity contribution is 5.74. The number of carbonyl (C=O) groups is 2. The van der Waals surface area contributed by atoms with Gasteiger partial charge < -0.3 is 20.4 Å². The Bertz CT molecular complexity index is 279. The van der Waals surface area contributed by atoms with Gasteiger partial charge >= 0.3 is 12.0 Å². The molecule has 6 nitrogen and oxygen atoms in total. The number of nitrogens with one attached hydrogen (secondary N) is 1. The van der Waals surface area contributed by atoms with Crippen LogP contribution in [0.3, 0.4) is 0 Å². The Kier molecular flexibility index (Phi) is 5.21. The molecule has 0 aliphatic heterocycles. The van der Waals surface area contributed by atoms with Gasteiger partial charge in [0.15, 0.2) is 6.10 Å². The Labute approximate surface area is 101 Å². The molecule has 1 saturated carbocycles. The first-order valence-corrected chi connectivity index (χ1v) is 5.90. The van der Waals surface area contributed by atoms with Crippen LogP contribution in [0.5, 0.6) is 0 Å². The second kappa shape index (κ2) is 6.44. The fourth-order valence-corrected chi connectivity index (χ4v) is 1.72. The smallest absolute Gasteiger partial charge is 0.332 e. The summed E-state index contributed by atoms with van der Waals surface area (Å²) < 4.78 is 0. The van der Waals surface area contributed by atoms with Crippen LogP contribution in [0.25, 0.3) is 0 Å². The molecule has 1 rings (SSSR count). The summed E-state index contributed by atoms with van der Waals surface area (Å²) in [7, 11) is 1.72. The third-order valence-corrected chi connectivity index (χ3v) is 3.08. The van der Waals surface area contributed by atoms with Crippen molar-refractivity contribution in [3.8, 4) is 0 Å². The first-order chi connectivity index (χ1) is 8.00. The molecule has 98 valence electrons. The number of amides is 2. The number of carboxylic acid groups (broad SMARTS) is 1. The minimum Gasteiger partial charge on any atom is -0.479 e. The Hall–Kier alpha value is -1.30. The summed E-state index contributed by atoms with van der Waals surface area (Å²) in [4.78, 5) is 23.5. The molecule has 0 bridgehead atoms. The number of aliphatic hydroxyl groups is 1. The Morgan fingerprint density at radius 3 is 2.59 bits per heavy atom. The largest absolute Gasteiger partial charge is 0.479 e. The fraction of sp³-hybridized carbons (Fsp3) is 0.818. The maximum Gasteiger partial charge on any atom is 0.332 e. The van der Waals surface area contributed by atoms with Gasteiger partial charge in [-0.3, -0.25) is 0 Å². The van der Waals surface area contributed by atoms with Crippen LogP contribution in [0.1, 0.15) is 25.7 Å². The number of aliphatic hydroxyl groups excluding tert-OH is 1. The highest BCUT2D eigenvalue weighted by Crippen LogP contribution is 2.26. The van der Waals surface area contributed by atoms with E-state index in [0.717, 1.165) is 6.54 Å². The van der Waals surface area contributed by atoms with E-state index in [1.165, 1.54) is 19.3 Å². The zero-order chi connectivity index (χ0) is 12.8. The van der Waals surface area contributed by atoms with Gasteiger partial charge in [-0.1, -0.05) is 6.42 Å². The SMILES string of the molecule is CN(CC1CCC1)C(=O)NCC[C@H](O)C(=O)O. The van der Waals surface area contributed by atoms with E-state index in [9.17, 15) is 9.59 Å². The normalized spacial score (nSPS) is 17.1. The van der Waals surface area contributed by atoms with E-state index in [-0.39, 0.29) is 19.0 Å². The first-order valence-electron chi connectivity index (χ1n) is 5.90. The summed E-state index contributed by atoms with van der Waals surface area (Å²) in [6.45, 7) is 0.911. The minimum atomic E-state index is -1.41. The summed E-state index contributed by atoms with van der Waals surface area (Å²) in [5.41, 5.74) is 0. The molecular formula is C11H20N2O4. The summed E-state index contributed by atoms with van der Waals surface area (Å²) in [6.07, 6.45) is 2.21. The fourth-order valence-electron chi connectivity index (χ4n) is 1.72. The van der Waals surface area contributed by atoms with Gasteiger partial charge in [-0.15, -0.1) is 0 Å². The van der Waals surface area contributed by atoms with Crippen LogP contribution < -0.4 is 5.32 Å². The lowest BCUT2D eigenvalue weighted by Gasteiger charge is -2.30. The van der Waals surface area contributed by atoms with E-state index in [1.54, 1.807) is 11.9 Å². The molecule has 0 heterocycles. The van der Waals surface area contributed by atoms with E-state index >= 15 is 0 Å². The van der Waals surface area contributed by atoms with Gasteiger partial charge in [0.2, 0.25) is 0 Å². The van der Waals surface area contributed by atoms with Gasteiger partial charge in [0.05, 0.1) is 0 Å². The zero-order valence-corrected chi connectivity index (χ0v) is 10.1. The molecule has 1 atom stereocenters. The van der Waals surface area contributed by atoms with E-state index in [0.29, 0.717) is 5.92 Å². The zero-order valence-electron chi connectivity index (χ0n) is 10.1. The van der Waals surface area contributed by atoms with Crippen molar-refractivity contribution in [2.75, 3.05) is 20.1 Å². The molecular weight excluding hydrogens is 224 g/mol. The van der Waals surface area contributed by atoms with Gasteiger partial charge in [-0.2, -0.15) is 0 Å². The maximum atomic E-state index is 11.6. The van der Waals surface area contributed by atoms with Gasteiger partial charge in [0.1, 0.15) is 0 Å². The van der Waals surface area contributed by atoms with Crippen molar-refractivity contribution in [1.29, 1.82) is 0 Å². The van der Waals surface area contributed by atoms with E-state index in [4.69, 9.17) is 10.2 Å². The lowest BCUT2D eigenvalue weighted by molar-refractivity contribution is -0.146. The van der Waals surface area contributed by atoms with Crippen LogP contribution in [0.15, 0.2) is 0 Å². The number of rotatable bonds is 6. The first kappa shape index (κ1) is 13.8. The van der Waals surface area contributed by atoms with Crippen molar-refractivity contribution in [1.82, 2.24) is 10.2 Å². The standard InChI is InChI=1S/C11H20N2O4/c1-13(7-8-3-2-4-8)11(17)12-6-5-9(14)10(15)16/h8-9,14H,2-7H2,1H3,(H,12,17)(H,15,16)/t9-/m0/s1. The number of carbonyl (C=O) groups excluding carboxylic acids is 1. The average Bonchev–Trinajstić information content (AvgIpc) is 2.22. The predicted octanol–water partition coefficient (Wildman–Crippen LogP) is 0.263. The van der Waals surface area contributed by atoms with Crippen molar-refractivity contribution in [2.24, 2.45) is 5.92 Å². The van der Waals surface area contributed by atoms with Crippen LogP contribution in [-0.4, -0.2) is 53.4 Å². The number of nitrogens with zero attached hydrogens (tertiary/aromatic N) is 1. The topological polar surface area (TPSA) is 89.9 Å². The quantitative estimate of drug-likeness (QED) is 0.625. The lowest BCUT2D eigenvalue weighted by atomic mass is 9.85. The predicted molar refractivity (Wildman–Crippen MR) is 61.6 cm³/mol. The van der Waals surface area contributed by atoms with E-state index in [1.807, 2.05) is 0 Å². The van der Waals surface area contributed by atoms with Gasteiger partial charge in [-0.05, 0) is 18.8 Å². The van der Waals surface area contributed by atoms with Crippen LogP contribution in [0.4, 0.5) is 4.79 Å². The molecule has 0 aromatic heterocycles. The summed E-state index contributed by atoms with van der Waals surface area (Å²) in [5, 5.41) is 20.0. The molecule has 1 fully saturated rings. The highest BCUT2D eigenvalue weighted by atomic mass is 16.4. The molecule has 0 aromatic carbocycles. The number of carboxylic acids is 1. The third kappa shape index (κ3) is 4.60. The van der Waals surface area contributed by atoms with Gasteiger partial charge in [0, 0.05) is 26.6 Å². The lowest BCUT2D eigenvalue weighted by Crippen LogP contribution is -2.42. The number of hydrogen-bond acceptors (Lipinski definition) is 3.